The number of aryl methyl sites for hydroxylation is 1. The summed E-state index contributed by atoms with van der Waals surface area (Å²) in [5, 5.41) is 0. The lowest BCUT2D eigenvalue weighted by Crippen LogP contribution is -1.98. The highest BCUT2D eigenvalue weighted by Gasteiger charge is 2.07. The molecule has 0 radical (unpaired) electrons. The maximum absolute atomic E-state index is 4.16. The molecule has 1 aliphatic carbocycles. The lowest BCUT2D eigenvalue weighted by molar-refractivity contribution is 1.02. The highest BCUT2D eigenvalue weighted by atomic mass is 14.1. The van der Waals surface area contributed by atoms with Crippen LogP contribution < -0.4 is 0 Å². The molecular weight excluding hydrogens is 276 g/mol. The maximum atomic E-state index is 4.16. The van der Waals surface area contributed by atoms with Crippen molar-refractivity contribution in [3.63, 3.8) is 0 Å². The summed E-state index contributed by atoms with van der Waals surface area (Å²) in [5.41, 5.74) is 7.65. The molecule has 0 nitrogen and oxygen atoms in total. The first-order valence-corrected chi connectivity index (χ1v) is 8.24. The normalized spacial score (nSPS) is 15.1. The molecule has 0 aliphatic heterocycles. The van der Waals surface area contributed by atoms with E-state index in [4.69, 9.17) is 0 Å². The Morgan fingerprint density at radius 2 is 2.04 bits per heavy atom. The molecule has 1 aliphatic rings. The molecule has 0 saturated carbocycles. The van der Waals surface area contributed by atoms with E-state index in [2.05, 4.69) is 87.7 Å². The van der Waals surface area contributed by atoms with Crippen LogP contribution >= 0.6 is 0 Å². The topological polar surface area (TPSA) is 0 Å². The number of hydrogen-bond acceptors (Lipinski definition) is 0. The van der Waals surface area contributed by atoms with Crippen molar-refractivity contribution in [2.45, 2.75) is 33.1 Å². The van der Waals surface area contributed by atoms with E-state index in [-0.39, 0.29) is 0 Å². The van der Waals surface area contributed by atoms with E-state index in [0.29, 0.717) is 0 Å². The molecule has 2 rings (SSSR count). The van der Waals surface area contributed by atoms with Crippen LogP contribution in [-0.4, -0.2) is 0 Å². The van der Waals surface area contributed by atoms with Crippen LogP contribution in [0.15, 0.2) is 96.2 Å². The Morgan fingerprint density at radius 3 is 2.78 bits per heavy atom. The fraction of sp³-hybridized carbons (Fsp3) is 0.217. The first-order valence-electron chi connectivity index (χ1n) is 8.24. The second-order valence-corrected chi connectivity index (χ2v) is 6.18. The standard InChI is InChI=1S/C23H26/c1-5-18(2)9-6-7-11-21-14-20(4)15-23(16-21)17-22-12-8-10-19(3)13-22/h6-14,16H,2,4-5,15,17H2,1,3H3/b9-6-,11-7+. The quantitative estimate of drug-likeness (QED) is 0.531. The zero-order valence-corrected chi connectivity index (χ0v) is 14.3. The van der Waals surface area contributed by atoms with Gasteiger partial charge in [-0.2, -0.15) is 0 Å². The van der Waals surface area contributed by atoms with Crippen LogP contribution in [0, 0.1) is 6.92 Å². The van der Waals surface area contributed by atoms with Gasteiger partial charge in [-0.15, -0.1) is 0 Å². The van der Waals surface area contributed by atoms with Crippen LogP contribution in [0.1, 0.15) is 30.9 Å². The Morgan fingerprint density at radius 1 is 1.22 bits per heavy atom. The molecule has 0 spiro atoms. The molecule has 0 unspecified atom stereocenters. The molecule has 118 valence electrons. The predicted octanol–water partition coefficient (Wildman–Crippen LogP) is 6.43. The van der Waals surface area contributed by atoms with Gasteiger partial charge in [-0.3, -0.25) is 0 Å². The van der Waals surface area contributed by atoms with Gasteiger partial charge in [0.2, 0.25) is 0 Å². The van der Waals surface area contributed by atoms with Gasteiger partial charge in [0.25, 0.3) is 0 Å². The highest BCUT2D eigenvalue weighted by molar-refractivity contribution is 5.47. The molecule has 0 heteroatoms. The summed E-state index contributed by atoms with van der Waals surface area (Å²) in [4.78, 5) is 0. The van der Waals surface area contributed by atoms with E-state index in [1.165, 1.54) is 27.8 Å². The Balaban J connectivity index is 2.07. The largest absolute Gasteiger partial charge is 0.0958 e. The van der Waals surface area contributed by atoms with Crippen molar-refractivity contribution in [3.05, 3.63) is 107 Å². The average molecular weight is 302 g/mol. The zero-order valence-electron chi connectivity index (χ0n) is 14.3. The third-order valence-corrected chi connectivity index (χ3v) is 3.90. The zero-order chi connectivity index (χ0) is 16.7. The lowest BCUT2D eigenvalue weighted by atomic mass is 9.91. The summed E-state index contributed by atoms with van der Waals surface area (Å²) in [6.07, 6.45) is 15.7. The number of rotatable bonds is 6. The van der Waals surface area contributed by atoms with Gasteiger partial charge in [0, 0.05) is 0 Å². The van der Waals surface area contributed by atoms with Crippen molar-refractivity contribution in [1.82, 2.24) is 0 Å². The van der Waals surface area contributed by atoms with Crippen molar-refractivity contribution >= 4 is 0 Å². The van der Waals surface area contributed by atoms with Crippen molar-refractivity contribution in [3.8, 4) is 0 Å². The average Bonchev–Trinajstić information content (AvgIpc) is 2.51. The van der Waals surface area contributed by atoms with Crippen molar-refractivity contribution in [2.24, 2.45) is 0 Å². The molecule has 1 aromatic rings. The molecule has 1 aromatic carbocycles. The van der Waals surface area contributed by atoms with E-state index in [1.807, 2.05) is 0 Å². The summed E-state index contributed by atoms with van der Waals surface area (Å²) in [7, 11) is 0. The van der Waals surface area contributed by atoms with Crippen LogP contribution in [0.5, 0.6) is 0 Å². The summed E-state index contributed by atoms with van der Waals surface area (Å²) < 4.78 is 0. The minimum absolute atomic E-state index is 0.966. The Bertz CT molecular complexity index is 705. The van der Waals surface area contributed by atoms with Gasteiger partial charge in [0.05, 0.1) is 0 Å². The minimum Gasteiger partial charge on any atom is -0.0958 e. The fourth-order valence-corrected chi connectivity index (χ4v) is 2.68. The van der Waals surface area contributed by atoms with Gasteiger partial charge in [-0.05, 0) is 37.3 Å². The molecule has 0 amide bonds. The summed E-state index contributed by atoms with van der Waals surface area (Å²) in [5.74, 6) is 0. The Kier molecular flexibility index (Phi) is 6.17. The lowest BCUT2D eigenvalue weighted by Gasteiger charge is -2.14. The monoisotopic (exact) mass is 302 g/mol. The van der Waals surface area contributed by atoms with E-state index in [9.17, 15) is 0 Å². The summed E-state index contributed by atoms with van der Waals surface area (Å²) >= 11 is 0. The molecule has 0 heterocycles. The van der Waals surface area contributed by atoms with Crippen molar-refractivity contribution in [1.29, 1.82) is 0 Å². The summed E-state index contributed by atoms with van der Waals surface area (Å²) in [6, 6.07) is 8.73. The third-order valence-electron chi connectivity index (χ3n) is 3.90. The van der Waals surface area contributed by atoms with E-state index in [1.54, 1.807) is 0 Å². The second kappa shape index (κ2) is 8.33. The number of benzene rings is 1. The Hall–Kier alpha value is -2.34. The first kappa shape index (κ1) is 17.0. The van der Waals surface area contributed by atoms with Crippen LogP contribution in [0.25, 0.3) is 0 Å². The highest BCUT2D eigenvalue weighted by Crippen LogP contribution is 2.25. The van der Waals surface area contributed by atoms with E-state index >= 15 is 0 Å². The van der Waals surface area contributed by atoms with Gasteiger partial charge in [0.15, 0.2) is 0 Å². The molecule has 0 N–H and O–H groups in total. The maximum Gasteiger partial charge on any atom is -0.00603 e. The SMILES string of the molecule is C=C1C=C(/C=C/C=C\C(=C)CC)C=C(Cc2cccc(C)c2)C1. The Labute approximate surface area is 140 Å². The van der Waals surface area contributed by atoms with Gasteiger partial charge >= 0.3 is 0 Å². The fourth-order valence-electron chi connectivity index (χ4n) is 2.68. The molecule has 0 bridgehead atoms. The van der Waals surface area contributed by atoms with Crippen molar-refractivity contribution in [2.75, 3.05) is 0 Å². The number of allylic oxidation sites excluding steroid dienone is 10. The minimum atomic E-state index is 0.966. The second-order valence-electron chi connectivity index (χ2n) is 6.18. The first-order chi connectivity index (χ1) is 11.1. The van der Waals surface area contributed by atoms with Crippen LogP contribution in [0.4, 0.5) is 0 Å². The van der Waals surface area contributed by atoms with Gasteiger partial charge in [-0.1, -0.05) is 103 Å². The van der Waals surface area contributed by atoms with Crippen LogP contribution in [0.3, 0.4) is 0 Å². The molecule has 0 fully saturated rings. The van der Waals surface area contributed by atoms with Gasteiger partial charge in [-0.25, -0.2) is 0 Å². The van der Waals surface area contributed by atoms with Crippen molar-refractivity contribution < 1.29 is 0 Å². The smallest absolute Gasteiger partial charge is 0.00603 e. The van der Waals surface area contributed by atoms with Crippen LogP contribution in [-0.2, 0) is 6.42 Å². The predicted molar refractivity (Wildman–Crippen MR) is 103 cm³/mol. The molecule has 0 atom stereocenters. The molecular formula is C23H26. The van der Waals surface area contributed by atoms with Crippen LogP contribution in [0.2, 0.25) is 0 Å². The third kappa shape index (κ3) is 5.75. The van der Waals surface area contributed by atoms with Gasteiger partial charge < -0.3 is 0 Å². The molecule has 23 heavy (non-hydrogen) atoms. The van der Waals surface area contributed by atoms with E-state index < -0.39 is 0 Å². The summed E-state index contributed by atoms with van der Waals surface area (Å²) in [6.45, 7) is 12.4. The molecule has 0 saturated heterocycles. The van der Waals surface area contributed by atoms with Gasteiger partial charge in [0.1, 0.15) is 0 Å². The van der Waals surface area contributed by atoms with E-state index in [0.717, 1.165) is 24.8 Å². The molecule has 0 aromatic heterocycles. The number of hydrogen-bond donors (Lipinski definition) is 0.